The van der Waals surface area contributed by atoms with E-state index in [1.807, 2.05) is 40.4 Å². The summed E-state index contributed by atoms with van der Waals surface area (Å²) in [5.74, 6) is -0.422. The number of nitrogens with zero attached hydrogens (tertiary/aromatic N) is 5. The van der Waals surface area contributed by atoms with Crippen LogP contribution in [0.4, 0.5) is 5.69 Å². The Morgan fingerprint density at radius 1 is 1.24 bits per heavy atom. The number of hydrogen-bond acceptors (Lipinski definition) is 6. The van der Waals surface area contributed by atoms with Crippen molar-refractivity contribution < 1.29 is 9.90 Å². The zero-order valence-corrected chi connectivity index (χ0v) is 20.2. The van der Waals surface area contributed by atoms with Crippen molar-refractivity contribution in [3.8, 4) is 5.88 Å². The zero-order chi connectivity index (χ0) is 22.8. The van der Waals surface area contributed by atoms with Crippen LogP contribution in [0.25, 0.3) is 10.9 Å². The third-order valence-electron chi connectivity index (χ3n) is 5.95. The Hall–Kier alpha value is -2.88. The smallest absolute Gasteiger partial charge is 0.305 e. The maximum Gasteiger partial charge on any atom is 0.305 e. The number of pyridine rings is 1. The second kappa shape index (κ2) is 9.54. The number of halogens is 1. The van der Waals surface area contributed by atoms with Crippen molar-refractivity contribution in [3.63, 3.8) is 0 Å². The molecule has 1 aromatic carbocycles. The molecule has 1 aliphatic rings. The molecule has 1 amide bonds. The molecule has 7 nitrogen and oxygen atoms in total. The van der Waals surface area contributed by atoms with E-state index in [9.17, 15) is 9.90 Å². The molecule has 1 fully saturated rings. The van der Waals surface area contributed by atoms with Gasteiger partial charge in [-0.1, -0.05) is 34.5 Å². The highest BCUT2D eigenvalue weighted by Crippen LogP contribution is 2.41. The highest BCUT2D eigenvalue weighted by atomic mass is 79.9. The molecule has 4 aromatic rings. The van der Waals surface area contributed by atoms with Gasteiger partial charge in [-0.3, -0.25) is 19.2 Å². The monoisotopic (exact) mass is 523 g/mol. The van der Waals surface area contributed by atoms with E-state index < -0.39 is 5.91 Å². The van der Waals surface area contributed by atoms with Crippen molar-refractivity contribution in [1.82, 2.24) is 14.5 Å². The van der Waals surface area contributed by atoms with Crippen LogP contribution in [0.3, 0.4) is 0 Å². The first-order valence-corrected chi connectivity index (χ1v) is 12.4. The predicted octanol–water partition coefficient (Wildman–Crippen LogP) is 6.67. The molecule has 0 unspecified atom stereocenters. The lowest BCUT2D eigenvalue weighted by molar-refractivity contribution is 0.0999. The molecule has 3 aromatic heterocycles. The van der Waals surface area contributed by atoms with Gasteiger partial charge in [0.15, 0.2) is 5.69 Å². The highest BCUT2D eigenvalue weighted by Gasteiger charge is 2.27. The normalized spacial score (nSPS) is 17.2. The molecule has 4 heterocycles. The van der Waals surface area contributed by atoms with Crippen LogP contribution < -0.4 is 0 Å². The van der Waals surface area contributed by atoms with Gasteiger partial charge in [0.1, 0.15) is 0 Å². The number of aromatic nitrogens is 2. The van der Waals surface area contributed by atoms with Gasteiger partial charge in [-0.15, -0.1) is 21.6 Å². The Labute approximate surface area is 203 Å². The molecular formula is C24H22BrN5O2S. The van der Waals surface area contributed by atoms with E-state index in [4.69, 9.17) is 0 Å². The van der Waals surface area contributed by atoms with Gasteiger partial charge in [0.2, 0.25) is 5.88 Å². The van der Waals surface area contributed by atoms with Crippen molar-refractivity contribution in [2.45, 2.75) is 32.0 Å². The number of hydrogen-bond donors (Lipinski definition) is 1. The number of piperidine rings is 1. The van der Waals surface area contributed by atoms with Crippen LogP contribution in [0, 0.1) is 0 Å². The molecule has 0 spiro atoms. The SMILES string of the molecule is O=C(N=Nc1c(O)n(CN2CCCC[C@H]2c2cccnc2)c2ccc(Br)cc12)c1cccs1. The summed E-state index contributed by atoms with van der Waals surface area (Å²) in [6.45, 7) is 1.42. The minimum absolute atomic E-state index is 0.00124. The summed E-state index contributed by atoms with van der Waals surface area (Å²) in [7, 11) is 0. The Balaban J connectivity index is 1.52. The lowest BCUT2D eigenvalue weighted by atomic mass is 9.97. The molecule has 0 saturated carbocycles. The summed E-state index contributed by atoms with van der Waals surface area (Å²) < 4.78 is 2.71. The van der Waals surface area contributed by atoms with Crippen molar-refractivity contribution in [1.29, 1.82) is 0 Å². The minimum atomic E-state index is -0.423. The average molecular weight is 524 g/mol. The number of azo groups is 1. The van der Waals surface area contributed by atoms with E-state index in [1.165, 1.54) is 16.9 Å². The summed E-state index contributed by atoms with van der Waals surface area (Å²) in [6.07, 6.45) is 7.01. The third-order valence-corrected chi connectivity index (χ3v) is 7.30. The molecular weight excluding hydrogens is 502 g/mol. The Kier molecular flexibility index (Phi) is 6.34. The molecule has 33 heavy (non-hydrogen) atoms. The van der Waals surface area contributed by atoms with E-state index in [-0.39, 0.29) is 11.9 Å². The van der Waals surface area contributed by atoms with Crippen molar-refractivity contribution in [3.05, 3.63) is 75.2 Å². The number of aromatic hydroxyl groups is 1. The Morgan fingerprint density at radius 3 is 2.94 bits per heavy atom. The number of thiophene rings is 1. The highest BCUT2D eigenvalue weighted by molar-refractivity contribution is 9.10. The number of carbonyl (C=O) groups is 1. The number of carbonyl (C=O) groups excluding carboxylic acids is 1. The first-order valence-electron chi connectivity index (χ1n) is 10.8. The molecule has 1 aliphatic heterocycles. The number of amides is 1. The van der Waals surface area contributed by atoms with Crippen molar-refractivity contribution >= 4 is 49.8 Å². The number of likely N-dealkylation sites (tertiary alicyclic amines) is 1. The molecule has 1 saturated heterocycles. The number of rotatable bonds is 5. The van der Waals surface area contributed by atoms with Gasteiger partial charge in [0.05, 0.1) is 17.1 Å². The van der Waals surface area contributed by atoms with Crippen molar-refractivity contribution in [2.24, 2.45) is 10.2 Å². The topological polar surface area (TPSA) is 83.1 Å². The summed E-state index contributed by atoms with van der Waals surface area (Å²) in [5.41, 5.74) is 2.31. The number of fused-ring (bicyclic) bond motifs is 1. The van der Waals surface area contributed by atoms with E-state index in [1.54, 1.807) is 18.3 Å². The van der Waals surface area contributed by atoms with E-state index >= 15 is 0 Å². The molecule has 5 rings (SSSR count). The maximum atomic E-state index is 12.4. The molecule has 0 bridgehead atoms. The van der Waals surface area contributed by atoms with Gasteiger partial charge in [-0.25, -0.2) is 0 Å². The first-order chi connectivity index (χ1) is 16.1. The van der Waals surface area contributed by atoms with E-state index in [0.717, 1.165) is 41.2 Å². The van der Waals surface area contributed by atoms with Crippen LogP contribution in [0.5, 0.6) is 5.88 Å². The lowest BCUT2D eigenvalue weighted by Crippen LogP contribution is -2.34. The van der Waals surface area contributed by atoms with Gasteiger partial charge in [0, 0.05) is 34.8 Å². The quantitative estimate of drug-likeness (QED) is 0.296. The van der Waals surface area contributed by atoms with Gasteiger partial charge in [-0.2, -0.15) is 0 Å². The third kappa shape index (κ3) is 4.48. The molecule has 168 valence electrons. The molecule has 1 N–H and O–H groups in total. The van der Waals surface area contributed by atoms with Crippen LogP contribution in [-0.2, 0) is 6.67 Å². The first kappa shape index (κ1) is 21.9. The second-order valence-corrected chi connectivity index (χ2v) is 9.86. The Bertz CT molecular complexity index is 1300. The van der Waals surface area contributed by atoms with Crippen LogP contribution in [0.1, 0.15) is 40.5 Å². The predicted molar refractivity (Wildman–Crippen MR) is 132 cm³/mol. The van der Waals surface area contributed by atoms with E-state index in [2.05, 4.69) is 42.1 Å². The summed E-state index contributed by atoms with van der Waals surface area (Å²) in [4.78, 5) is 19.5. The molecule has 0 aliphatic carbocycles. The number of benzene rings is 1. The van der Waals surface area contributed by atoms with Crippen LogP contribution in [-0.4, -0.2) is 32.0 Å². The van der Waals surface area contributed by atoms with Gasteiger partial charge in [-0.05, 0) is 54.1 Å². The summed E-state index contributed by atoms with van der Waals surface area (Å²) in [6, 6.07) is 13.6. The second-order valence-electron chi connectivity index (χ2n) is 8.00. The minimum Gasteiger partial charge on any atom is -0.493 e. The molecule has 9 heteroatoms. The van der Waals surface area contributed by atoms with Crippen molar-refractivity contribution in [2.75, 3.05) is 6.54 Å². The largest absolute Gasteiger partial charge is 0.493 e. The maximum absolute atomic E-state index is 12.4. The zero-order valence-electron chi connectivity index (χ0n) is 17.8. The fourth-order valence-electron chi connectivity index (χ4n) is 4.37. The molecule has 0 radical (unpaired) electrons. The van der Waals surface area contributed by atoms with E-state index in [0.29, 0.717) is 17.2 Å². The van der Waals surface area contributed by atoms with Gasteiger partial charge < -0.3 is 5.11 Å². The fourth-order valence-corrected chi connectivity index (χ4v) is 5.34. The summed E-state index contributed by atoms with van der Waals surface area (Å²) in [5, 5.41) is 21.8. The van der Waals surface area contributed by atoms with Crippen LogP contribution >= 0.6 is 27.3 Å². The van der Waals surface area contributed by atoms with Crippen LogP contribution in [0.2, 0.25) is 0 Å². The average Bonchev–Trinajstić information content (AvgIpc) is 3.46. The lowest BCUT2D eigenvalue weighted by Gasteiger charge is -2.36. The summed E-state index contributed by atoms with van der Waals surface area (Å²) >= 11 is 4.82. The standard InChI is InChI=1S/C24H22BrN5O2S/c25-17-8-9-20-18(13-17)22(27-28-23(31)21-7-4-12-33-21)24(32)30(20)15-29-11-2-1-6-19(29)16-5-3-10-26-14-16/h3-5,7-10,12-14,19,32H,1-2,6,11,15H2/t19-/m0/s1. The van der Waals surface area contributed by atoms with Gasteiger partial charge >= 0.3 is 5.91 Å². The van der Waals surface area contributed by atoms with Gasteiger partial charge in [0.25, 0.3) is 0 Å². The fraction of sp³-hybridized carbons (Fsp3) is 0.250. The molecule has 1 atom stereocenters. The van der Waals surface area contributed by atoms with Crippen LogP contribution in [0.15, 0.2) is 74.9 Å². The Morgan fingerprint density at radius 2 is 2.15 bits per heavy atom.